The summed E-state index contributed by atoms with van der Waals surface area (Å²) in [5.74, 6) is -1.11. The van der Waals surface area contributed by atoms with Gasteiger partial charge in [0.1, 0.15) is 11.6 Å². The first kappa shape index (κ1) is 31.9. The SMILES string of the molecule is CC(C)(C)OC(=O)N1C2CC(C(=O)N(c3ccc(C(C)(C)C)cc3)C(C(=O)NC3CCCCC3)c3cccnc3)C1CC2O. The van der Waals surface area contributed by atoms with Gasteiger partial charge in [0.2, 0.25) is 11.8 Å². The van der Waals surface area contributed by atoms with E-state index in [1.165, 1.54) is 0 Å². The molecule has 0 radical (unpaired) electrons. The Morgan fingerprint density at radius 1 is 0.977 bits per heavy atom. The highest BCUT2D eigenvalue weighted by Crippen LogP contribution is 2.45. The van der Waals surface area contributed by atoms with Crippen molar-refractivity contribution in [3.05, 3.63) is 59.9 Å². The zero-order valence-corrected chi connectivity index (χ0v) is 27.0. The van der Waals surface area contributed by atoms with Gasteiger partial charge in [0.25, 0.3) is 0 Å². The second kappa shape index (κ2) is 12.5. The minimum absolute atomic E-state index is 0.0518. The number of rotatable bonds is 6. The van der Waals surface area contributed by atoms with Crippen molar-refractivity contribution >= 4 is 23.6 Å². The van der Waals surface area contributed by atoms with Crippen LogP contribution in [-0.4, -0.2) is 62.7 Å². The third-order valence-electron chi connectivity index (χ3n) is 9.23. The fourth-order valence-electron chi connectivity index (χ4n) is 7.03. The lowest BCUT2D eigenvalue weighted by Gasteiger charge is -2.36. The van der Waals surface area contributed by atoms with Crippen molar-refractivity contribution < 1.29 is 24.2 Å². The van der Waals surface area contributed by atoms with Gasteiger partial charge in [0, 0.05) is 35.7 Å². The first-order valence-electron chi connectivity index (χ1n) is 16.1. The maximum absolute atomic E-state index is 14.9. The summed E-state index contributed by atoms with van der Waals surface area (Å²) in [6.45, 7) is 11.8. The molecule has 5 rings (SSSR count). The van der Waals surface area contributed by atoms with Crippen LogP contribution in [0, 0.1) is 5.92 Å². The van der Waals surface area contributed by atoms with Crippen LogP contribution in [-0.2, 0) is 19.7 Å². The van der Waals surface area contributed by atoms with Crippen LogP contribution in [0.2, 0.25) is 0 Å². The minimum Gasteiger partial charge on any atom is -0.444 e. The molecule has 44 heavy (non-hydrogen) atoms. The van der Waals surface area contributed by atoms with Gasteiger partial charge in [-0.2, -0.15) is 0 Å². The molecular weight excluding hydrogens is 556 g/mol. The number of pyridine rings is 1. The molecule has 9 heteroatoms. The van der Waals surface area contributed by atoms with E-state index in [2.05, 4.69) is 31.1 Å². The van der Waals surface area contributed by atoms with Gasteiger partial charge in [-0.25, -0.2) is 4.79 Å². The third kappa shape index (κ3) is 6.77. The van der Waals surface area contributed by atoms with Crippen molar-refractivity contribution in [2.45, 2.75) is 128 Å². The monoisotopic (exact) mass is 604 g/mol. The molecule has 0 spiro atoms. The molecule has 1 aromatic heterocycles. The highest BCUT2D eigenvalue weighted by atomic mass is 16.6. The topological polar surface area (TPSA) is 112 Å². The minimum atomic E-state index is -0.961. The number of hydrogen-bond donors (Lipinski definition) is 2. The number of nitrogens with zero attached hydrogens (tertiary/aromatic N) is 3. The van der Waals surface area contributed by atoms with Gasteiger partial charge in [0.05, 0.1) is 18.1 Å². The molecule has 9 nitrogen and oxygen atoms in total. The number of fused-ring (bicyclic) bond motifs is 2. The van der Waals surface area contributed by atoms with E-state index >= 15 is 0 Å². The summed E-state index contributed by atoms with van der Waals surface area (Å²) >= 11 is 0. The number of anilines is 1. The molecule has 3 aliphatic rings. The second-order valence-electron chi connectivity index (χ2n) is 14.7. The summed E-state index contributed by atoms with van der Waals surface area (Å²) in [5, 5.41) is 14.1. The van der Waals surface area contributed by atoms with Crippen molar-refractivity contribution in [2.24, 2.45) is 5.92 Å². The summed E-state index contributed by atoms with van der Waals surface area (Å²) < 4.78 is 5.69. The zero-order valence-electron chi connectivity index (χ0n) is 27.0. The van der Waals surface area contributed by atoms with E-state index < -0.39 is 41.8 Å². The van der Waals surface area contributed by atoms with E-state index in [0.29, 0.717) is 17.7 Å². The second-order valence-corrected chi connectivity index (χ2v) is 14.7. The summed E-state index contributed by atoms with van der Waals surface area (Å²) in [6.07, 6.45) is 7.72. The number of nitrogens with one attached hydrogen (secondary N) is 1. The van der Waals surface area contributed by atoms with Crippen LogP contribution >= 0.6 is 0 Å². The molecule has 3 heterocycles. The lowest BCUT2D eigenvalue weighted by Crippen LogP contribution is -2.51. The molecule has 1 aliphatic carbocycles. The number of aliphatic hydroxyl groups is 1. The van der Waals surface area contributed by atoms with Gasteiger partial charge in [0.15, 0.2) is 0 Å². The fourth-order valence-corrected chi connectivity index (χ4v) is 7.03. The molecule has 2 bridgehead atoms. The Morgan fingerprint density at radius 3 is 2.25 bits per heavy atom. The first-order valence-corrected chi connectivity index (χ1v) is 16.1. The highest BCUT2D eigenvalue weighted by Gasteiger charge is 2.58. The number of benzene rings is 1. The molecular formula is C35H48N4O5. The number of aliphatic hydroxyl groups excluding tert-OH is 1. The number of ether oxygens (including phenoxy) is 1. The molecule has 1 aromatic carbocycles. The Hall–Kier alpha value is -3.46. The standard InChI is InChI=1S/C35H48N4O5/c1-34(2,3)23-14-16-25(17-15-23)38(30(22-11-10-18-36-21-22)31(41)37-24-12-8-7-9-13-24)32(42)26-19-28-29(40)20-27(26)39(28)33(43)44-35(4,5)6/h10-11,14-18,21,24,26-30,40H,7-9,12-13,19-20H2,1-6H3,(H,37,41). The van der Waals surface area contributed by atoms with Crippen LogP contribution < -0.4 is 10.2 Å². The number of amides is 3. The normalized spacial score (nSPS) is 24.6. The Kier molecular flexibility index (Phi) is 9.08. The van der Waals surface area contributed by atoms with Crippen molar-refractivity contribution in [2.75, 3.05) is 4.90 Å². The molecule has 5 unspecified atom stereocenters. The fraction of sp³-hybridized carbons (Fsp3) is 0.600. The highest BCUT2D eigenvalue weighted by molar-refractivity contribution is 6.03. The predicted octanol–water partition coefficient (Wildman–Crippen LogP) is 5.66. The lowest BCUT2D eigenvalue weighted by molar-refractivity contribution is -0.129. The van der Waals surface area contributed by atoms with Crippen LogP contribution in [0.4, 0.5) is 10.5 Å². The van der Waals surface area contributed by atoms with Crippen LogP contribution in [0.3, 0.4) is 0 Å². The summed E-state index contributed by atoms with van der Waals surface area (Å²) in [4.78, 5) is 49.9. The zero-order chi connectivity index (χ0) is 31.8. The molecule has 2 N–H and O–H groups in total. The van der Waals surface area contributed by atoms with Crippen LogP contribution in [0.25, 0.3) is 0 Å². The molecule has 238 valence electrons. The van der Waals surface area contributed by atoms with Crippen molar-refractivity contribution in [3.8, 4) is 0 Å². The smallest absolute Gasteiger partial charge is 0.410 e. The van der Waals surface area contributed by atoms with E-state index in [9.17, 15) is 19.5 Å². The molecule has 3 fully saturated rings. The summed E-state index contributed by atoms with van der Waals surface area (Å²) in [5.41, 5.74) is 1.51. The van der Waals surface area contributed by atoms with Gasteiger partial charge in [-0.05, 0) is 75.6 Å². The maximum Gasteiger partial charge on any atom is 0.410 e. The van der Waals surface area contributed by atoms with E-state index in [-0.39, 0.29) is 29.7 Å². The number of carbonyl (C=O) groups excluding carboxylic acids is 3. The van der Waals surface area contributed by atoms with E-state index in [1.807, 2.05) is 30.3 Å². The quantitative estimate of drug-likeness (QED) is 0.440. The number of aromatic nitrogens is 1. The molecule has 5 atom stereocenters. The largest absolute Gasteiger partial charge is 0.444 e. The Balaban J connectivity index is 1.55. The molecule has 2 aliphatic heterocycles. The van der Waals surface area contributed by atoms with Crippen LogP contribution in [0.5, 0.6) is 0 Å². The molecule has 3 amide bonds. The first-order chi connectivity index (χ1) is 20.7. The Labute approximate surface area is 261 Å². The van der Waals surface area contributed by atoms with Gasteiger partial charge in [-0.3, -0.25) is 24.4 Å². The van der Waals surface area contributed by atoms with Gasteiger partial charge in [-0.1, -0.05) is 58.2 Å². The summed E-state index contributed by atoms with van der Waals surface area (Å²) in [6, 6.07) is 9.46. The molecule has 2 saturated heterocycles. The molecule has 2 aromatic rings. The van der Waals surface area contributed by atoms with Crippen molar-refractivity contribution in [1.29, 1.82) is 0 Å². The summed E-state index contributed by atoms with van der Waals surface area (Å²) in [7, 11) is 0. The average Bonchev–Trinajstić information content (AvgIpc) is 3.50. The van der Waals surface area contributed by atoms with E-state index in [4.69, 9.17) is 4.74 Å². The average molecular weight is 605 g/mol. The van der Waals surface area contributed by atoms with Gasteiger partial charge in [-0.15, -0.1) is 0 Å². The van der Waals surface area contributed by atoms with Crippen molar-refractivity contribution in [3.63, 3.8) is 0 Å². The predicted molar refractivity (Wildman–Crippen MR) is 169 cm³/mol. The van der Waals surface area contributed by atoms with E-state index in [1.54, 1.807) is 49.0 Å². The number of carbonyl (C=O) groups is 3. The molecule has 1 saturated carbocycles. The van der Waals surface area contributed by atoms with Gasteiger partial charge < -0.3 is 15.2 Å². The lowest BCUT2D eigenvalue weighted by atomic mass is 9.85. The Bertz CT molecular complexity index is 1330. The van der Waals surface area contributed by atoms with E-state index in [0.717, 1.165) is 37.7 Å². The van der Waals surface area contributed by atoms with Crippen LogP contribution in [0.1, 0.15) is 104 Å². The van der Waals surface area contributed by atoms with Gasteiger partial charge >= 0.3 is 6.09 Å². The van der Waals surface area contributed by atoms with Crippen molar-refractivity contribution in [1.82, 2.24) is 15.2 Å². The number of hydrogen-bond acceptors (Lipinski definition) is 6. The Morgan fingerprint density at radius 2 is 1.66 bits per heavy atom. The third-order valence-corrected chi connectivity index (χ3v) is 9.23. The van der Waals surface area contributed by atoms with Crippen LogP contribution in [0.15, 0.2) is 48.8 Å². The maximum atomic E-state index is 14.9.